The number of ether oxygens (including phenoxy) is 1. The first-order chi connectivity index (χ1) is 7.16. The molecule has 80 valence electrons. The number of hydrogen-bond acceptors (Lipinski definition) is 2. The van der Waals surface area contributed by atoms with Crippen molar-refractivity contribution in [2.45, 2.75) is 6.92 Å². The van der Waals surface area contributed by atoms with Gasteiger partial charge in [-0.05, 0) is 19.1 Å². The average molecular weight is 245 g/mol. The van der Waals surface area contributed by atoms with E-state index < -0.39 is 5.97 Å². The number of carbonyl (C=O) groups excluding carboxylic acids is 1. The topological polar surface area (TPSA) is 26.3 Å². The van der Waals surface area contributed by atoms with Crippen LogP contribution in [0.3, 0.4) is 0 Å². The van der Waals surface area contributed by atoms with Gasteiger partial charge in [-0.2, -0.15) is 0 Å². The van der Waals surface area contributed by atoms with E-state index in [1.165, 1.54) is 0 Å². The number of hydrogen-bond donors (Lipinski definition) is 0. The highest BCUT2D eigenvalue weighted by Gasteiger charge is 2.14. The minimum atomic E-state index is -0.510. The Morgan fingerprint density at radius 3 is 2.53 bits per heavy atom. The zero-order chi connectivity index (χ0) is 11.3. The van der Waals surface area contributed by atoms with Crippen molar-refractivity contribution in [1.82, 2.24) is 0 Å². The zero-order valence-corrected chi connectivity index (χ0v) is 9.68. The number of esters is 1. The monoisotopic (exact) mass is 244 g/mol. The Morgan fingerprint density at radius 2 is 2.00 bits per heavy atom. The van der Waals surface area contributed by atoms with Gasteiger partial charge in [0.05, 0.1) is 15.6 Å². The molecule has 1 aromatic carbocycles. The second kappa shape index (κ2) is 5.79. The molecule has 0 aliphatic carbocycles. The third-order valence-electron chi connectivity index (χ3n) is 1.71. The molecule has 1 aromatic rings. The van der Waals surface area contributed by atoms with Crippen LogP contribution in [0.15, 0.2) is 30.4 Å². The zero-order valence-electron chi connectivity index (χ0n) is 8.17. The molecule has 0 saturated carbocycles. The van der Waals surface area contributed by atoms with Gasteiger partial charge < -0.3 is 4.74 Å². The molecular formula is C11H10Cl2O2. The molecule has 0 spiro atoms. The molecule has 0 radical (unpaired) electrons. The van der Waals surface area contributed by atoms with E-state index in [-0.39, 0.29) is 12.2 Å². The summed E-state index contributed by atoms with van der Waals surface area (Å²) in [5.41, 5.74) is 0.213. The van der Waals surface area contributed by atoms with Gasteiger partial charge in [0.1, 0.15) is 6.61 Å². The summed E-state index contributed by atoms with van der Waals surface area (Å²) in [6, 6.07) is 4.87. The van der Waals surface area contributed by atoms with Gasteiger partial charge in [0.25, 0.3) is 0 Å². The molecule has 0 bridgehead atoms. The summed E-state index contributed by atoms with van der Waals surface area (Å²) in [5.74, 6) is -0.510. The second-order valence-electron chi connectivity index (χ2n) is 2.76. The molecule has 0 fully saturated rings. The van der Waals surface area contributed by atoms with Gasteiger partial charge in [0, 0.05) is 0 Å². The van der Waals surface area contributed by atoms with Crippen molar-refractivity contribution >= 4 is 29.2 Å². The van der Waals surface area contributed by atoms with E-state index in [2.05, 4.69) is 0 Å². The predicted octanol–water partition coefficient (Wildman–Crippen LogP) is 3.73. The minimum Gasteiger partial charge on any atom is -0.458 e. The fourth-order valence-corrected chi connectivity index (χ4v) is 1.54. The molecular weight excluding hydrogens is 235 g/mol. The fourth-order valence-electron chi connectivity index (χ4n) is 0.985. The van der Waals surface area contributed by atoms with Crippen molar-refractivity contribution in [3.8, 4) is 0 Å². The minimum absolute atomic E-state index is 0.213. The average Bonchev–Trinajstić information content (AvgIpc) is 2.18. The van der Waals surface area contributed by atoms with Crippen LogP contribution in [0.1, 0.15) is 17.3 Å². The number of carbonyl (C=O) groups is 1. The lowest BCUT2D eigenvalue weighted by molar-refractivity contribution is 0.0550. The highest BCUT2D eigenvalue weighted by atomic mass is 35.5. The summed E-state index contributed by atoms with van der Waals surface area (Å²) in [7, 11) is 0. The Bertz CT molecular complexity index is 366. The quantitative estimate of drug-likeness (QED) is 0.599. The van der Waals surface area contributed by atoms with Crippen molar-refractivity contribution in [2.24, 2.45) is 0 Å². The lowest BCUT2D eigenvalue weighted by atomic mass is 10.2. The summed E-state index contributed by atoms with van der Waals surface area (Å²) in [4.78, 5) is 11.5. The molecule has 0 aromatic heterocycles. The Labute approximate surface area is 98.4 Å². The van der Waals surface area contributed by atoms with E-state index in [0.29, 0.717) is 10.0 Å². The molecule has 0 amide bonds. The maximum Gasteiger partial charge on any atom is 0.341 e. The van der Waals surface area contributed by atoms with E-state index >= 15 is 0 Å². The van der Waals surface area contributed by atoms with Crippen LogP contribution in [0, 0.1) is 0 Å². The normalized spacial score (nSPS) is 10.6. The van der Waals surface area contributed by atoms with Crippen molar-refractivity contribution in [2.75, 3.05) is 6.61 Å². The summed E-state index contributed by atoms with van der Waals surface area (Å²) in [6.45, 7) is 2.06. The van der Waals surface area contributed by atoms with Crippen LogP contribution < -0.4 is 0 Å². The smallest absolute Gasteiger partial charge is 0.341 e. The standard InChI is InChI=1S/C11H10Cl2O2/c1-2-3-7-15-11(14)10-8(12)5-4-6-9(10)13/h2-6H,7H2,1H3/b3-2+. The van der Waals surface area contributed by atoms with Crippen LogP contribution in [-0.4, -0.2) is 12.6 Å². The summed E-state index contributed by atoms with van der Waals surface area (Å²) in [5, 5.41) is 0.598. The number of benzene rings is 1. The molecule has 0 aliphatic heterocycles. The van der Waals surface area contributed by atoms with E-state index in [0.717, 1.165) is 0 Å². The predicted molar refractivity (Wildman–Crippen MR) is 61.6 cm³/mol. The molecule has 0 unspecified atom stereocenters. The van der Waals surface area contributed by atoms with Gasteiger partial charge in [0.15, 0.2) is 0 Å². The maximum atomic E-state index is 11.5. The lowest BCUT2D eigenvalue weighted by Gasteiger charge is -2.05. The van der Waals surface area contributed by atoms with E-state index in [1.807, 2.05) is 6.92 Å². The second-order valence-corrected chi connectivity index (χ2v) is 3.58. The SMILES string of the molecule is C/C=C/COC(=O)c1c(Cl)cccc1Cl. The molecule has 0 saturated heterocycles. The van der Waals surface area contributed by atoms with E-state index in [9.17, 15) is 4.79 Å². The molecule has 15 heavy (non-hydrogen) atoms. The first-order valence-electron chi connectivity index (χ1n) is 4.39. The van der Waals surface area contributed by atoms with Gasteiger partial charge in [0.2, 0.25) is 0 Å². The van der Waals surface area contributed by atoms with E-state index in [4.69, 9.17) is 27.9 Å². The Kier molecular flexibility index (Phi) is 4.66. The lowest BCUT2D eigenvalue weighted by Crippen LogP contribution is -2.06. The fraction of sp³-hybridized carbons (Fsp3) is 0.182. The van der Waals surface area contributed by atoms with Crippen molar-refractivity contribution in [3.63, 3.8) is 0 Å². The molecule has 0 heterocycles. The third-order valence-corrected chi connectivity index (χ3v) is 2.34. The molecule has 0 N–H and O–H groups in total. The van der Waals surface area contributed by atoms with Crippen LogP contribution in [0.2, 0.25) is 10.0 Å². The number of rotatable bonds is 3. The number of halogens is 2. The van der Waals surface area contributed by atoms with Gasteiger partial charge in [-0.15, -0.1) is 0 Å². The van der Waals surface area contributed by atoms with Crippen molar-refractivity contribution in [3.05, 3.63) is 46.0 Å². The molecule has 2 nitrogen and oxygen atoms in total. The van der Waals surface area contributed by atoms with Crippen LogP contribution in [0.25, 0.3) is 0 Å². The largest absolute Gasteiger partial charge is 0.458 e. The summed E-state index contributed by atoms with van der Waals surface area (Å²) < 4.78 is 4.94. The van der Waals surface area contributed by atoms with Gasteiger partial charge >= 0.3 is 5.97 Å². The van der Waals surface area contributed by atoms with Gasteiger partial charge in [-0.3, -0.25) is 0 Å². The van der Waals surface area contributed by atoms with Crippen molar-refractivity contribution in [1.29, 1.82) is 0 Å². The molecule has 0 atom stereocenters. The van der Waals surface area contributed by atoms with Crippen LogP contribution in [0.4, 0.5) is 0 Å². The first-order valence-corrected chi connectivity index (χ1v) is 5.14. The van der Waals surface area contributed by atoms with Crippen LogP contribution in [-0.2, 0) is 4.74 Å². The number of allylic oxidation sites excluding steroid dienone is 1. The van der Waals surface area contributed by atoms with Gasteiger partial charge in [-0.25, -0.2) is 4.79 Å². The molecule has 1 rings (SSSR count). The van der Waals surface area contributed by atoms with Gasteiger partial charge in [-0.1, -0.05) is 41.4 Å². The van der Waals surface area contributed by atoms with Crippen LogP contribution >= 0.6 is 23.2 Å². The van der Waals surface area contributed by atoms with Crippen molar-refractivity contribution < 1.29 is 9.53 Å². The highest BCUT2D eigenvalue weighted by molar-refractivity contribution is 6.39. The van der Waals surface area contributed by atoms with E-state index in [1.54, 1.807) is 30.4 Å². The molecule has 0 aliphatic rings. The highest BCUT2D eigenvalue weighted by Crippen LogP contribution is 2.24. The molecule has 4 heteroatoms. The Balaban J connectivity index is 2.82. The Hall–Kier alpha value is -0.990. The summed E-state index contributed by atoms with van der Waals surface area (Å²) >= 11 is 11.7. The maximum absolute atomic E-state index is 11.5. The Morgan fingerprint density at radius 1 is 1.40 bits per heavy atom. The third kappa shape index (κ3) is 3.26. The summed E-state index contributed by atoms with van der Waals surface area (Å²) in [6.07, 6.45) is 3.52. The first kappa shape index (κ1) is 12.1. The van der Waals surface area contributed by atoms with Crippen LogP contribution in [0.5, 0.6) is 0 Å².